The lowest BCUT2D eigenvalue weighted by molar-refractivity contribution is 0.593. The van der Waals surface area contributed by atoms with Crippen molar-refractivity contribution in [2.24, 2.45) is 0 Å². The summed E-state index contributed by atoms with van der Waals surface area (Å²) in [5, 5.41) is 0. The summed E-state index contributed by atoms with van der Waals surface area (Å²) in [4.78, 5) is -0.105. The van der Waals surface area contributed by atoms with Crippen molar-refractivity contribution in [3.8, 4) is 0 Å². The predicted molar refractivity (Wildman–Crippen MR) is 82.3 cm³/mol. The molecule has 0 unspecified atom stereocenters. The van der Waals surface area contributed by atoms with E-state index >= 15 is 0 Å². The monoisotopic (exact) mass is 308 g/mol. The Bertz CT molecular complexity index is 788. The van der Waals surface area contributed by atoms with Crippen molar-refractivity contribution in [2.45, 2.75) is 18.7 Å². The van der Waals surface area contributed by atoms with Crippen molar-refractivity contribution in [1.82, 2.24) is 0 Å². The van der Waals surface area contributed by atoms with Crippen LogP contribution >= 0.6 is 0 Å². The second-order valence-corrected chi connectivity index (χ2v) is 6.88. The molecule has 2 N–H and O–H groups in total. The molecule has 2 aromatic carbocycles. The van der Waals surface area contributed by atoms with Gasteiger partial charge in [0.2, 0.25) is 0 Å². The lowest BCUT2D eigenvalue weighted by atomic mass is 10.1. The summed E-state index contributed by atoms with van der Waals surface area (Å²) < 4.78 is 39.5. The van der Waals surface area contributed by atoms with Gasteiger partial charge in [-0.25, -0.2) is 12.8 Å². The van der Waals surface area contributed by atoms with Gasteiger partial charge in [-0.15, -0.1) is 0 Å². The molecule has 0 saturated carbocycles. The molecule has 0 heterocycles. The van der Waals surface area contributed by atoms with E-state index in [1.807, 2.05) is 26.0 Å². The van der Waals surface area contributed by atoms with E-state index in [0.29, 0.717) is 5.69 Å². The molecule has 0 bridgehead atoms. The van der Waals surface area contributed by atoms with Gasteiger partial charge in [-0.2, -0.15) is 0 Å². The van der Waals surface area contributed by atoms with Gasteiger partial charge in [0.1, 0.15) is 10.7 Å². The van der Waals surface area contributed by atoms with Crippen molar-refractivity contribution in [2.75, 3.05) is 17.1 Å². The van der Waals surface area contributed by atoms with Crippen LogP contribution in [0.3, 0.4) is 0 Å². The van der Waals surface area contributed by atoms with Crippen LogP contribution < -0.4 is 10.0 Å². The minimum Gasteiger partial charge on any atom is -0.398 e. The number of halogens is 1. The Hall–Kier alpha value is -2.08. The van der Waals surface area contributed by atoms with Gasteiger partial charge in [-0.3, -0.25) is 4.31 Å². The smallest absolute Gasteiger partial charge is 0.266 e. The fourth-order valence-corrected chi connectivity index (χ4v) is 3.55. The number of rotatable bonds is 3. The minimum absolute atomic E-state index is 0.105. The quantitative estimate of drug-likeness (QED) is 0.887. The third kappa shape index (κ3) is 2.85. The molecule has 0 aliphatic carbocycles. The Morgan fingerprint density at radius 3 is 2.33 bits per heavy atom. The highest BCUT2D eigenvalue weighted by Crippen LogP contribution is 2.28. The van der Waals surface area contributed by atoms with Gasteiger partial charge in [0.05, 0.1) is 11.4 Å². The fraction of sp³-hybridized carbons (Fsp3) is 0.200. The fourth-order valence-electron chi connectivity index (χ4n) is 2.19. The SMILES string of the molecule is Cc1ccc(N(C)S(=O)(=O)c2ccc(F)cc2N)c(C)c1. The first-order valence-electron chi connectivity index (χ1n) is 6.34. The second-order valence-electron chi connectivity index (χ2n) is 4.94. The molecular weight excluding hydrogens is 291 g/mol. The number of anilines is 2. The molecule has 0 radical (unpaired) electrons. The Labute approximate surface area is 124 Å². The van der Waals surface area contributed by atoms with Crippen LogP contribution in [0.5, 0.6) is 0 Å². The highest BCUT2D eigenvalue weighted by molar-refractivity contribution is 7.93. The zero-order chi connectivity index (χ0) is 15.8. The van der Waals surface area contributed by atoms with Gasteiger partial charge in [-0.1, -0.05) is 17.7 Å². The molecular formula is C15H17FN2O2S. The molecule has 2 rings (SSSR count). The summed E-state index contributed by atoms with van der Waals surface area (Å²) in [5.41, 5.74) is 7.97. The lowest BCUT2D eigenvalue weighted by Crippen LogP contribution is -2.28. The number of nitrogens with zero attached hydrogens (tertiary/aromatic N) is 1. The number of hydrogen-bond acceptors (Lipinski definition) is 3. The molecule has 0 spiro atoms. The van der Waals surface area contributed by atoms with Gasteiger partial charge in [-0.05, 0) is 43.7 Å². The lowest BCUT2D eigenvalue weighted by Gasteiger charge is -2.22. The van der Waals surface area contributed by atoms with E-state index in [-0.39, 0.29) is 10.6 Å². The van der Waals surface area contributed by atoms with Gasteiger partial charge in [0.15, 0.2) is 0 Å². The molecule has 21 heavy (non-hydrogen) atoms. The van der Waals surface area contributed by atoms with Crippen LogP contribution in [0.2, 0.25) is 0 Å². The number of aryl methyl sites for hydroxylation is 2. The summed E-state index contributed by atoms with van der Waals surface area (Å²) >= 11 is 0. The van der Waals surface area contributed by atoms with E-state index in [1.165, 1.54) is 13.1 Å². The molecule has 0 aromatic heterocycles. The number of nitrogens with two attached hydrogens (primary N) is 1. The molecule has 0 aliphatic heterocycles. The van der Waals surface area contributed by atoms with Crippen molar-refractivity contribution in [3.63, 3.8) is 0 Å². The Kier molecular flexibility index (Phi) is 3.91. The van der Waals surface area contributed by atoms with Crippen LogP contribution in [-0.4, -0.2) is 15.5 Å². The Morgan fingerprint density at radius 1 is 1.10 bits per heavy atom. The normalized spacial score (nSPS) is 11.4. The standard InChI is InChI=1S/C15H17FN2O2S/c1-10-4-6-14(11(2)8-10)18(3)21(19,20)15-7-5-12(16)9-13(15)17/h4-9H,17H2,1-3H3. The molecule has 6 heteroatoms. The molecule has 2 aromatic rings. The zero-order valence-electron chi connectivity index (χ0n) is 12.1. The molecule has 112 valence electrons. The minimum atomic E-state index is -3.83. The first kappa shape index (κ1) is 15.3. The summed E-state index contributed by atoms with van der Waals surface area (Å²) in [6.07, 6.45) is 0. The van der Waals surface area contributed by atoms with Crippen LogP contribution in [-0.2, 0) is 10.0 Å². The number of benzene rings is 2. The zero-order valence-corrected chi connectivity index (χ0v) is 12.9. The van der Waals surface area contributed by atoms with E-state index in [4.69, 9.17) is 5.73 Å². The number of nitrogen functional groups attached to an aromatic ring is 1. The van der Waals surface area contributed by atoms with E-state index in [2.05, 4.69) is 0 Å². The second kappa shape index (κ2) is 5.37. The third-order valence-corrected chi connectivity index (χ3v) is 5.15. The van der Waals surface area contributed by atoms with Gasteiger partial charge < -0.3 is 5.73 Å². The predicted octanol–water partition coefficient (Wildman–Crippen LogP) is 2.85. The number of sulfonamides is 1. The Balaban J connectivity index is 2.52. The summed E-state index contributed by atoms with van der Waals surface area (Å²) in [6.45, 7) is 3.77. The average molecular weight is 308 g/mol. The first-order valence-corrected chi connectivity index (χ1v) is 7.78. The molecule has 0 aliphatic rings. The Morgan fingerprint density at radius 2 is 1.76 bits per heavy atom. The molecule has 0 saturated heterocycles. The van der Waals surface area contributed by atoms with Crippen LogP contribution in [0, 0.1) is 19.7 Å². The maximum Gasteiger partial charge on any atom is 0.266 e. The van der Waals surface area contributed by atoms with Crippen LogP contribution in [0.4, 0.5) is 15.8 Å². The summed E-state index contributed by atoms with van der Waals surface area (Å²) in [7, 11) is -2.38. The van der Waals surface area contributed by atoms with Crippen LogP contribution in [0.25, 0.3) is 0 Å². The summed E-state index contributed by atoms with van der Waals surface area (Å²) in [6, 6.07) is 8.74. The van der Waals surface area contributed by atoms with Crippen molar-refractivity contribution in [1.29, 1.82) is 0 Å². The van der Waals surface area contributed by atoms with Crippen LogP contribution in [0.15, 0.2) is 41.3 Å². The van der Waals surface area contributed by atoms with E-state index in [9.17, 15) is 12.8 Å². The molecule has 4 nitrogen and oxygen atoms in total. The van der Waals surface area contributed by atoms with Crippen molar-refractivity contribution >= 4 is 21.4 Å². The average Bonchev–Trinajstić information content (AvgIpc) is 2.37. The maximum absolute atomic E-state index is 13.1. The molecule has 0 amide bonds. The maximum atomic E-state index is 13.1. The van der Waals surface area contributed by atoms with E-state index < -0.39 is 15.8 Å². The molecule has 0 fully saturated rings. The van der Waals surface area contributed by atoms with Crippen molar-refractivity contribution < 1.29 is 12.8 Å². The van der Waals surface area contributed by atoms with Gasteiger partial charge >= 0.3 is 0 Å². The van der Waals surface area contributed by atoms with Gasteiger partial charge in [0, 0.05) is 7.05 Å². The topological polar surface area (TPSA) is 63.4 Å². The van der Waals surface area contributed by atoms with Gasteiger partial charge in [0.25, 0.3) is 10.0 Å². The van der Waals surface area contributed by atoms with E-state index in [1.54, 1.807) is 6.07 Å². The summed E-state index contributed by atoms with van der Waals surface area (Å²) in [5.74, 6) is -0.569. The van der Waals surface area contributed by atoms with Crippen molar-refractivity contribution in [3.05, 3.63) is 53.3 Å². The highest BCUT2D eigenvalue weighted by atomic mass is 32.2. The highest BCUT2D eigenvalue weighted by Gasteiger charge is 2.24. The number of hydrogen-bond donors (Lipinski definition) is 1. The third-order valence-electron chi connectivity index (χ3n) is 3.30. The first-order chi connectivity index (χ1) is 9.73. The van der Waals surface area contributed by atoms with E-state index in [0.717, 1.165) is 27.6 Å². The largest absolute Gasteiger partial charge is 0.398 e. The van der Waals surface area contributed by atoms with Crippen LogP contribution in [0.1, 0.15) is 11.1 Å². The molecule has 0 atom stereocenters.